The number of hydrogen-bond donors (Lipinski definition) is 0. The highest BCUT2D eigenvalue weighted by Gasteiger charge is 2.25. The number of benzene rings is 3. The molecule has 2 heterocycles. The number of aromatic nitrogens is 1. The lowest BCUT2D eigenvalue weighted by molar-refractivity contribution is -0.669. The molecule has 0 saturated heterocycles. The third-order valence-electron chi connectivity index (χ3n) is 5.53. The minimum absolute atomic E-state index is 0. The van der Waals surface area contributed by atoms with Crippen molar-refractivity contribution in [3.63, 3.8) is 0 Å². The molecule has 3 aromatic carbocycles. The van der Waals surface area contributed by atoms with Crippen LogP contribution in [0.4, 0.5) is 5.69 Å². The molecular formula is C26H23IN2O. The third-order valence-corrected chi connectivity index (χ3v) is 5.53. The maximum atomic E-state index is 6.20. The summed E-state index contributed by atoms with van der Waals surface area (Å²) in [5, 5.41) is 1.24. The lowest BCUT2D eigenvalue weighted by atomic mass is 10.0. The van der Waals surface area contributed by atoms with E-state index in [1.54, 1.807) is 0 Å². The minimum Gasteiger partial charge on any atom is -1.00 e. The molecule has 1 aromatic heterocycles. The molecule has 0 saturated carbocycles. The minimum atomic E-state index is 0. The second kappa shape index (κ2) is 8.48. The van der Waals surface area contributed by atoms with Gasteiger partial charge in [0.25, 0.3) is 0 Å². The van der Waals surface area contributed by atoms with E-state index in [0.717, 1.165) is 29.6 Å². The number of ether oxygens (including phenoxy) is 1. The van der Waals surface area contributed by atoms with Gasteiger partial charge in [-0.1, -0.05) is 48.5 Å². The van der Waals surface area contributed by atoms with Gasteiger partial charge in [0.1, 0.15) is 6.54 Å². The molecule has 0 N–H and O–H groups in total. The van der Waals surface area contributed by atoms with Crippen LogP contribution in [0.15, 0.2) is 90.8 Å². The first kappa shape index (κ1) is 20.4. The zero-order chi connectivity index (χ0) is 19.8. The van der Waals surface area contributed by atoms with Crippen LogP contribution in [-0.2, 0) is 6.54 Å². The maximum Gasteiger partial charge on any atom is 0.212 e. The van der Waals surface area contributed by atoms with Crippen molar-refractivity contribution in [2.75, 3.05) is 11.9 Å². The van der Waals surface area contributed by atoms with Crippen molar-refractivity contribution in [2.45, 2.75) is 13.5 Å². The number of aryl methyl sites for hydroxylation is 1. The Morgan fingerprint density at radius 1 is 0.867 bits per heavy atom. The summed E-state index contributed by atoms with van der Waals surface area (Å²) in [7, 11) is 2.06. The summed E-state index contributed by atoms with van der Waals surface area (Å²) in [6, 6.07) is 29.6. The van der Waals surface area contributed by atoms with Crippen molar-refractivity contribution in [3.8, 4) is 16.9 Å². The molecule has 0 spiro atoms. The molecule has 1 aliphatic heterocycles. The van der Waals surface area contributed by atoms with Crippen LogP contribution in [0.1, 0.15) is 12.6 Å². The summed E-state index contributed by atoms with van der Waals surface area (Å²) >= 11 is 0. The topological polar surface area (TPSA) is 16.4 Å². The molecule has 4 aromatic rings. The Kier molecular flexibility index (Phi) is 5.77. The molecule has 0 atom stereocenters. The highest BCUT2D eigenvalue weighted by atomic mass is 127. The number of para-hydroxylation sites is 1. The normalized spacial score (nSPS) is 13.8. The van der Waals surface area contributed by atoms with Crippen molar-refractivity contribution in [3.05, 3.63) is 96.5 Å². The van der Waals surface area contributed by atoms with E-state index in [-0.39, 0.29) is 24.0 Å². The van der Waals surface area contributed by atoms with Gasteiger partial charge in [-0.25, -0.2) is 0 Å². The Bertz CT molecular complexity index is 1230. The van der Waals surface area contributed by atoms with Gasteiger partial charge in [0.15, 0.2) is 5.75 Å². The van der Waals surface area contributed by atoms with Crippen LogP contribution in [-0.4, -0.2) is 7.05 Å². The molecule has 30 heavy (non-hydrogen) atoms. The molecule has 0 aliphatic carbocycles. The Labute approximate surface area is 194 Å². The molecule has 0 amide bonds. The van der Waals surface area contributed by atoms with Crippen LogP contribution < -0.4 is 38.2 Å². The predicted molar refractivity (Wildman–Crippen MR) is 119 cm³/mol. The van der Waals surface area contributed by atoms with Gasteiger partial charge in [0.2, 0.25) is 17.1 Å². The molecule has 1 aliphatic rings. The lowest BCUT2D eigenvalue weighted by Gasteiger charge is -2.12. The lowest BCUT2D eigenvalue weighted by Crippen LogP contribution is -3.00. The summed E-state index contributed by atoms with van der Waals surface area (Å²) in [6.07, 6.45) is 2.12. The molecule has 150 valence electrons. The number of anilines is 1. The average Bonchev–Trinajstić information content (AvgIpc) is 3.09. The number of pyridine rings is 1. The van der Waals surface area contributed by atoms with Crippen LogP contribution >= 0.6 is 0 Å². The summed E-state index contributed by atoms with van der Waals surface area (Å²) in [5.74, 6) is 1.73. The third kappa shape index (κ3) is 3.56. The molecule has 0 radical (unpaired) electrons. The Morgan fingerprint density at radius 2 is 1.63 bits per heavy atom. The van der Waals surface area contributed by atoms with Gasteiger partial charge in [-0.3, -0.25) is 0 Å². The van der Waals surface area contributed by atoms with E-state index in [2.05, 4.69) is 108 Å². The average molecular weight is 506 g/mol. The van der Waals surface area contributed by atoms with Crippen molar-refractivity contribution in [1.82, 2.24) is 0 Å². The summed E-state index contributed by atoms with van der Waals surface area (Å²) in [6.45, 7) is 3.07. The van der Waals surface area contributed by atoms with Gasteiger partial charge in [0, 0.05) is 24.6 Å². The van der Waals surface area contributed by atoms with Crippen LogP contribution in [0.25, 0.3) is 28.1 Å². The Balaban J connectivity index is 0.00000218. The SMILES string of the molecule is CC[n+]1c(/C=C2\Oc3ccc(-c4ccccc4)cc3N2C)ccc2ccccc21.[I-]. The Hall–Kier alpha value is -2.86. The summed E-state index contributed by atoms with van der Waals surface area (Å²) < 4.78 is 8.52. The van der Waals surface area contributed by atoms with Gasteiger partial charge in [-0.05, 0) is 42.3 Å². The molecule has 3 nitrogen and oxygen atoms in total. The van der Waals surface area contributed by atoms with Crippen LogP contribution in [0.3, 0.4) is 0 Å². The van der Waals surface area contributed by atoms with Crippen molar-refractivity contribution < 1.29 is 33.3 Å². The highest BCUT2D eigenvalue weighted by Crippen LogP contribution is 2.41. The van der Waals surface area contributed by atoms with Gasteiger partial charge in [0.05, 0.1) is 11.8 Å². The smallest absolute Gasteiger partial charge is 0.212 e. The van der Waals surface area contributed by atoms with Crippen LogP contribution in [0.5, 0.6) is 5.75 Å². The van der Waals surface area contributed by atoms with Gasteiger partial charge in [-0.15, -0.1) is 0 Å². The van der Waals surface area contributed by atoms with E-state index >= 15 is 0 Å². The van der Waals surface area contributed by atoms with E-state index in [9.17, 15) is 0 Å². The number of rotatable bonds is 3. The highest BCUT2D eigenvalue weighted by molar-refractivity contribution is 5.78. The first-order chi connectivity index (χ1) is 14.2. The first-order valence-corrected chi connectivity index (χ1v) is 9.99. The van der Waals surface area contributed by atoms with Gasteiger partial charge in [-0.2, -0.15) is 4.57 Å². The molecule has 5 rings (SSSR count). The van der Waals surface area contributed by atoms with Gasteiger partial charge < -0.3 is 33.6 Å². The number of hydrogen-bond acceptors (Lipinski definition) is 2. The van der Waals surface area contributed by atoms with E-state index in [1.165, 1.54) is 22.0 Å². The van der Waals surface area contributed by atoms with E-state index in [4.69, 9.17) is 4.74 Å². The summed E-state index contributed by atoms with van der Waals surface area (Å²) in [4.78, 5) is 2.12. The van der Waals surface area contributed by atoms with E-state index < -0.39 is 0 Å². The fourth-order valence-corrected chi connectivity index (χ4v) is 3.99. The Morgan fingerprint density at radius 3 is 2.43 bits per heavy atom. The van der Waals surface area contributed by atoms with E-state index in [0.29, 0.717) is 0 Å². The standard InChI is InChI=1S/C26H23N2O.HI/c1-3-28-22(15-13-20-11-7-8-12-23(20)28)18-26-27(2)24-17-21(14-16-25(24)29-26)19-9-5-4-6-10-19;/h4-18H,3H2,1-2H3;1H/q+1;/p-1. The fraction of sp³-hybridized carbons (Fsp3) is 0.115. The zero-order valence-electron chi connectivity index (χ0n) is 17.0. The second-order valence-corrected chi connectivity index (χ2v) is 7.25. The van der Waals surface area contributed by atoms with E-state index in [1.807, 2.05) is 6.07 Å². The second-order valence-electron chi connectivity index (χ2n) is 7.25. The summed E-state index contributed by atoms with van der Waals surface area (Å²) in [5.41, 5.74) is 5.84. The molecule has 0 fully saturated rings. The molecule has 4 heteroatoms. The number of nitrogens with zero attached hydrogens (tertiary/aromatic N) is 2. The zero-order valence-corrected chi connectivity index (χ0v) is 19.2. The van der Waals surface area contributed by atoms with Crippen molar-refractivity contribution in [1.29, 1.82) is 0 Å². The quantitative estimate of drug-likeness (QED) is 0.314. The maximum absolute atomic E-state index is 6.20. The molecule has 0 unspecified atom stereocenters. The monoisotopic (exact) mass is 506 g/mol. The van der Waals surface area contributed by atoms with Gasteiger partial charge >= 0.3 is 0 Å². The molecule has 0 bridgehead atoms. The largest absolute Gasteiger partial charge is 1.00 e. The predicted octanol–water partition coefficient (Wildman–Crippen LogP) is 2.65. The van der Waals surface area contributed by atoms with Crippen molar-refractivity contribution in [2.24, 2.45) is 0 Å². The number of fused-ring (bicyclic) bond motifs is 2. The van der Waals surface area contributed by atoms with Crippen LogP contribution in [0, 0.1) is 0 Å². The fourth-order valence-electron chi connectivity index (χ4n) is 3.99. The van der Waals surface area contributed by atoms with Crippen molar-refractivity contribution >= 4 is 22.7 Å². The molecular weight excluding hydrogens is 483 g/mol. The number of halogens is 1. The first-order valence-electron chi connectivity index (χ1n) is 9.99. The van der Waals surface area contributed by atoms with Crippen LogP contribution in [0.2, 0.25) is 0 Å².